The zero-order chi connectivity index (χ0) is 10.7. The van der Waals surface area contributed by atoms with Crippen LogP contribution in [0.25, 0.3) is 0 Å². The van der Waals surface area contributed by atoms with Crippen LogP contribution in [-0.4, -0.2) is 5.54 Å². The minimum atomic E-state index is 0.100. The standard InChI is InChI=1S/C14H25N/c1-3-13(2,15)14-7-10-4-11(8-14)6-12(5-10)9-14/h10-12H,3-9,15H2,1-2H3. The van der Waals surface area contributed by atoms with Gasteiger partial charge in [0, 0.05) is 5.54 Å². The maximum absolute atomic E-state index is 6.62. The van der Waals surface area contributed by atoms with Crippen molar-refractivity contribution in [2.24, 2.45) is 28.9 Å². The molecule has 0 spiro atoms. The fourth-order valence-electron chi connectivity index (χ4n) is 5.19. The third-order valence-corrected chi connectivity index (χ3v) is 5.98. The van der Waals surface area contributed by atoms with E-state index in [0.29, 0.717) is 5.41 Å². The first-order valence-corrected chi connectivity index (χ1v) is 6.83. The number of nitrogens with two attached hydrogens (primary N) is 1. The molecule has 0 aromatic rings. The molecule has 2 N–H and O–H groups in total. The van der Waals surface area contributed by atoms with E-state index in [1.54, 1.807) is 0 Å². The minimum absolute atomic E-state index is 0.100. The Bertz CT molecular complexity index is 231. The first-order valence-electron chi connectivity index (χ1n) is 6.83. The Hall–Kier alpha value is -0.0400. The maximum atomic E-state index is 6.62. The SMILES string of the molecule is CCC(C)(N)C12CC3CC(CC(C3)C1)C2. The predicted molar refractivity (Wildman–Crippen MR) is 63.5 cm³/mol. The second-order valence-corrected chi connectivity index (χ2v) is 6.97. The molecule has 1 unspecified atom stereocenters. The van der Waals surface area contributed by atoms with Gasteiger partial charge in [-0.2, -0.15) is 0 Å². The molecule has 15 heavy (non-hydrogen) atoms. The molecule has 0 amide bonds. The van der Waals surface area contributed by atoms with Gasteiger partial charge in [0.2, 0.25) is 0 Å². The lowest BCUT2D eigenvalue weighted by molar-refractivity contribution is -0.0939. The summed E-state index contributed by atoms with van der Waals surface area (Å²) < 4.78 is 0. The van der Waals surface area contributed by atoms with Crippen LogP contribution in [-0.2, 0) is 0 Å². The maximum Gasteiger partial charge on any atom is 0.0180 e. The van der Waals surface area contributed by atoms with Crippen molar-refractivity contribution < 1.29 is 0 Å². The van der Waals surface area contributed by atoms with Crippen molar-refractivity contribution in [3.8, 4) is 0 Å². The highest BCUT2D eigenvalue weighted by molar-refractivity contribution is 5.10. The first-order chi connectivity index (χ1) is 7.05. The molecule has 4 fully saturated rings. The Kier molecular flexibility index (Phi) is 2.03. The van der Waals surface area contributed by atoms with Crippen molar-refractivity contribution >= 4 is 0 Å². The van der Waals surface area contributed by atoms with Crippen LogP contribution < -0.4 is 5.73 Å². The summed E-state index contributed by atoms with van der Waals surface area (Å²) in [5.41, 5.74) is 7.24. The molecule has 0 aromatic carbocycles. The second-order valence-electron chi connectivity index (χ2n) is 6.97. The average molecular weight is 207 g/mol. The van der Waals surface area contributed by atoms with Crippen molar-refractivity contribution in [1.82, 2.24) is 0 Å². The van der Waals surface area contributed by atoms with Gasteiger partial charge in [0.05, 0.1) is 0 Å². The van der Waals surface area contributed by atoms with Crippen molar-refractivity contribution in [1.29, 1.82) is 0 Å². The summed E-state index contributed by atoms with van der Waals surface area (Å²) in [6.45, 7) is 4.60. The minimum Gasteiger partial charge on any atom is -0.325 e. The van der Waals surface area contributed by atoms with E-state index in [0.717, 1.165) is 24.2 Å². The molecule has 0 heterocycles. The molecule has 4 aliphatic rings. The molecule has 4 bridgehead atoms. The molecule has 1 nitrogen and oxygen atoms in total. The second kappa shape index (κ2) is 3.00. The van der Waals surface area contributed by atoms with Gasteiger partial charge >= 0.3 is 0 Å². The van der Waals surface area contributed by atoms with Crippen LogP contribution in [0.3, 0.4) is 0 Å². The molecular formula is C14H25N. The normalized spacial score (nSPS) is 51.8. The molecular weight excluding hydrogens is 182 g/mol. The quantitative estimate of drug-likeness (QED) is 0.738. The first kappa shape index (κ1) is 10.1. The van der Waals surface area contributed by atoms with Crippen LogP contribution in [0.5, 0.6) is 0 Å². The number of hydrogen-bond donors (Lipinski definition) is 1. The zero-order valence-corrected chi connectivity index (χ0v) is 10.3. The van der Waals surface area contributed by atoms with E-state index in [1.807, 2.05) is 0 Å². The Morgan fingerprint density at radius 3 is 1.80 bits per heavy atom. The van der Waals surface area contributed by atoms with E-state index < -0.39 is 0 Å². The van der Waals surface area contributed by atoms with Gasteiger partial charge in [-0.3, -0.25) is 0 Å². The fraction of sp³-hybridized carbons (Fsp3) is 1.00. The van der Waals surface area contributed by atoms with Crippen molar-refractivity contribution in [3.05, 3.63) is 0 Å². The van der Waals surface area contributed by atoms with E-state index in [2.05, 4.69) is 13.8 Å². The van der Waals surface area contributed by atoms with Crippen LogP contribution >= 0.6 is 0 Å². The van der Waals surface area contributed by atoms with E-state index in [-0.39, 0.29) is 5.54 Å². The van der Waals surface area contributed by atoms with Gasteiger partial charge < -0.3 is 5.73 Å². The lowest BCUT2D eigenvalue weighted by atomic mass is 9.44. The molecule has 1 heteroatoms. The highest BCUT2D eigenvalue weighted by atomic mass is 14.8. The van der Waals surface area contributed by atoms with E-state index in [4.69, 9.17) is 5.73 Å². The fourth-order valence-corrected chi connectivity index (χ4v) is 5.19. The van der Waals surface area contributed by atoms with Crippen molar-refractivity contribution in [2.45, 2.75) is 64.3 Å². The van der Waals surface area contributed by atoms with Gasteiger partial charge in [-0.25, -0.2) is 0 Å². The largest absolute Gasteiger partial charge is 0.325 e. The number of hydrogen-bond acceptors (Lipinski definition) is 1. The predicted octanol–water partition coefficient (Wildman–Crippen LogP) is 3.33. The Balaban J connectivity index is 1.93. The number of rotatable bonds is 2. The van der Waals surface area contributed by atoms with Crippen molar-refractivity contribution in [3.63, 3.8) is 0 Å². The Morgan fingerprint density at radius 1 is 1.07 bits per heavy atom. The average Bonchev–Trinajstić information content (AvgIpc) is 2.15. The highest BCUT2D eigenvalue weighted by Gasteiger charge is 2.56. The molecule has 1 atom stereocenters. The lowest BCUT2D eigenvalue weighted by Gasteiger charge is -2.62. The van der Waals surface area contributed by atoms with Gasteiger partial charge in [-0.1, -0.05) is 6.92 Å². The molecule has 0 radical (unpaired) electrons. The summed E-state index contributed by atoms with van der Waals surface area (Å²) >= 11 is 0. The summed E-state index contributed by atoms with van der Waals surface area (Å²) in [4.78, 5) is 0. The summed E-state index contributed by atoms with van der Waals surface area (Å²) in [5, 5.41) is 0. The van der Waals surface area contributed by atoms with Gasteiger partial charge in [0.1, 0.15) is 0 Å². The smallest absolute Gasteiger partial charge is 0.0180 e. The summed E-state index contributed by atoms with van der Waals surface area (Å²) in [6.07, 6.45) is 10.1. The van der Waals surface area contributed by atoms with Gasteiger partial charge in [0.15, 0.2) is 0 Å². The Labute approximate surface area is 93.8 Å². The summed E-state index contributed by atoms with van der Waals surface area (Å²) in [6, 6.07) is 0. The zero-order valence-electron chi connectivity index (χ0n) is 10.3. The van der Waals surface area contributed by atoms with Crippen LogP contribution in [0.15, 0.2) is 0 Å². The third kappa shape index (κ3) is 1.32. The van der Waals surface area contributed by atoms with Crippen LogP contribution in [0.1, 0.15) is 58.8 Å². The molecule has 4 rings (SSSR count). The monoisotopic (exact) mass is 207 g/mol. The van der Waals surface area contributed by atoms with E-state index in [9.17, 15) is 0 Å². The van der Waals surface area contributed by atoms with Gasteiger partial charge in [0.25, 0.3) is 0 Å². The molecule has 0 aliphatic heterocycles. The molecule has 4 saturated carbocycles. The van der Waals surface area contributed by atoms with Crippen LogP contribution in [0.2, 0.25) is 0 Å². The van der Waals surface area contributed by atoms with Gasteiger partial charge in [-0.15, -0.1) is 0 Å². The topological polar surface area (TPSA) is 26.0 Å². The molecule has 0 saturated heterocycles. The molecule has 86 valence electrons. The highest BCUT2D eigenvalue weighted by Crippen LogP contribution is 2.63. The van der Waals surface area contributed by atoms with Crippen LogP contribution in [0.4, 0.5) is 0 Å². The third-order valence-electron chi connectivity index (χ3n) is 5.98. The lowest BCUT2D eigenvalue weighted by Crippen LogP contribution is -2.60. The molecule has 0 aromatic heterocycles. The summed E-state index contributed by atoms with van der Waals surface area (Å²) in [7, 11) is 0. The van der Waals surface area contributed by atoms with Gasteiger partial charge in [-0.05, 0) is 75.0 Å². The van der Waals surface area contributed by atoms with E-state index >= 15 is 0 Å². The Morgan fingerprint density at radius 2 is 1.47 bits per heavy atom. The molecule has 4 aliphatic carbocycles. The summed E-state index contributed by atoms with van der Waals surface area (Å²) in [5.74, 6) is 3.10. The van der Waals surface area contributed by atoms with E-state index in [1.165, 1.54) is 38.5 Å². The van der Waals surface area contributed by atoms with Crippen molar-refractivity contribution in [2.75, 3.05) is 0 Å². The van der Waals surface area contributed by atoms with Crippen LogP contribution in [0, 0.1) is 23.2 Å².